The van der Waals surface area contributed by atoms with E-state index in [-0.39, 0.29) is 16.7 Å². The Morgan fingerprint density at radius 2 is 1.60 bits per heavy atom. The third-order valence-electron chi connectivity index (χ3n) is 2.95. The van der Waals surface area contributed by atoms with Crippen LogP contribution in [0.4, 0.5) is 17.6 Å². The Balaban J connectivity index is 2.49. The summed E-state index contributed by atoms with van der Waals surface area (Å²) >= 11 is 0. The Labute approximate surface area is 113 Å². The first-order valence-corrected chi connectivity index (χ1v) is 5.76. The Morgan fingerprint density at radius 3 is 2.15 bits per heavy atom. The molecule has 0 saturated carbocycles. The maximum absolute atomic E-state index is 13.2. The molecule has 0 saturated heterocycles. The molecule has 0 heterocycles. The van der Waals surface area contributed by atoms with Gasteiger partial charge in [-0.3, -0.25) is 4.39 Å². The number of nitriles is 1. The Bertz CT molecular complexity index is 656. The van der Waals surface area contributed by atoms with Crippen molar-refractivity contribution >= 4 is 0 Å². The monoisotopic (exact) mass is 279 g/mol. The second-order valence-corrected chi connectivity index (χ2v) is 4.26. The van der Waals surface area contributed by atoms with E-state index in [1.807, 2.05) is 0 Å². The highest BCUT2D eigenvalue weighted by Gasteiger charge is 2.17. The Morgan fingerprint density at radius 1 is 0.950 bits per heavy atom. The molecule has 0 fully saturated rings. The van der Waals surface area contributed by atoms with Crippen molar-refractivity contribution in [2.24, 2.45) is 0 Å². The molecular weight excluding hydrogens is 270 g/mol. The van der Waals surface area contributed by atoms with Gasteiger partial charge in [0, 0.05) is 12.0 Å². The van der Waals surface area contributed by atoms with Gasteiger partial charge in [0.25, 0.3) is 0 Å². The van der Waals surface area contributed by atoms with Crippen molar-refractivity contribution < 1.29 is 17.6 Å². The molecule has 0 radical (unpaired) electrons. The van der Waals surface area contributed by atoms with E-state index in [0.29, 0.717) is 6.07 Å². The average Bonchev–Trinajstić information content (AvgIpc) is 2.40. The van der Waals surface area contributed by atoms with E-state index < -0.39 is 30.0 Å². The average molecular weight is 279 g/mol. The summed E-state index contributed by atoms with van der Waals surface area (Å²) in [4.78, 5) is 0. The van der Waals surface area contributed by atoms with Gasteiger partial charge >= 0.3 is 0 Å². The van der Waals surface area contributed by atoms with Gasteiger partial charge in [0.2, 0.25) is 0 Å². The molecule has 0 spiro atoms. The third-order valence-corrected chi connectivity index (χ3v) is 2.95. The van der Waals surface area contributed by atoms with Crippen LogP contribution in [0.15, 0.2) is 36.4 Å². The molecule has 1 unspecified atom stereocenters. The lowest BCUT2D eigenvalue weighted by molar-refractivity contribution is 0.457. The second kappa shape index (κ2) is 5.74. The zero-order valence-corrected chi connectivity index (χ0v) is 10.2. The predicted molar refractivity (Wildman–Crippen MR) is 65.3 cm³/mol. The molecule has 5 heteroatoms. The first-order chi connectivity index (χ1) is 9.55. The van der Waals surface area contributed by atoms with E-state index in [0.717, 1.165) is 18.2 Å². The summed E-state index contributed by atoms with van der Waals surface area (Å²) in [5.74, 6) is -3.31. The van der Waals surface area contributed by atoms with Crippen LogP contribution >= 0.6 is 0 Å². The van der Waals surface area contributed by atoms with Crippen LogP contribution in [0.5, 0.6) is 0 Å². The number of alkyl halides is 1. The standard InChI is InChI=1S/C15H9F4N/c16-7-14(10-4-12(17)6-13(18)5-10)9-1-2-15(19)11(3-9)8-20/h1-6,14H,7H2. The number of benzene rings is 2. The molecule has 102 valence electrons. The summed E-state index contributed by atoms with van der Waals surface area (Å²) in [6.45, 7) is -0.917. The van der Waals surface area contributed by atoms with Crippen molar-refractivity contribution in [2.45, 2.75) is 5.92 Å². The lowest BCUT2D eigenvalue weighted by Crippen LogP contribution is -2.05. The van der Waals surface area contributed by atoms with Crippen LogP contribution in [0.25, 0.3) is 0 Å². The van der Waals surface area contributed by atoms with Crippen LogP contribution < -0.4 is 0 Å². The van der Waals surface area contributed by atoms with Crippen molar-refractivity contribution in [3.05, 3.63) is 70.5 Å². The fourth-order valence-corrected chi connectivity index (χ4v) is 1.99. The quantitative estimate of drug-likeness (QED) is 0.777. The van der Waals surface area contributed by atoms with Crippen molar-refractivity contribution in [3.8, 4) is 6.07 Å². The van der Waals surface area contributed by atoms with E-state index in [4.69, 9.17) is 5.26 Å². The number of nitrogens with zero attached hydrogens (tertiary/aromatic N) is 1. The smallest absolute Gasteiger partial charge is 0.140 e. The minimum Gasteiger partial charge on any atom is -0.250 e. The Hall–Kier alpha value is -2.35. The number of halogens is 4. The highest BCUT2D eigenvalue weighted by atomic mass is 19.1. The summed E-state index contributed by atoms with van der Waals surface area (Å²) in [5, 5.41) is 8.75. The molecule has 2 rings (SSSR count). The van der Waals surface area contributed by atoms with Gasteiger partial charge in [0.1, 0.15) is 30.2 Å². The van der Waals surface area contributed by atoms with Crippen LogP contribution in [-0.2, 0) is 0 Å². The van der Waals surface area contributed by atoms with Crippen molar-refractivity contribution in [3.63, 3.8) is 0 Å². The van der Waals surface area contributed by atoms with Gasteiger partial charge in [0.15, 0.2) is 0 Å². The summed E-state index contributed by atoms with van der Waals surface area (Å²) in [6.07, 6.45) is 0. The third kappa shape index (κ3) is 2.80. The van der Waals surface area contributed by atoms with Crippen LogP contribution in [0.3, 0.4) is 0 Å². The van der Waals surface area contributed by atoms with Crippen LogP contribution in [0, 0.1) is 28.8 Å². The second-order valence-electron chi connectivity index (χ2n) is 4.26. The summed E-state index contributed by atoms with van der Waals surface area (Å²) < 4.78 is 52.8. The molecule has 1 atom stereocenters. The molecule has 1 nitrogen and oxygen atoms in total. The van der Waals surface area contributed by atoms with Crippen molar-refractivity contribution in [2.75, 3.05) is 6.67 Å². The normalized spacial score (nSPS) is 11.9. The zero-order chi connectivity index (χ0) is 14.7. The molecule has 20 heavy (non-hydrogen) atoms. The molecule has 0 aliphatic carbocycles. The first kappa shape index (κ1) is 14.1. The van der Waals surface area contributed by atoms with Gasteiger partial charge in [-0.25, -0.2) is 13.2 Å². The molecule has 0 amide bonds. The van der Waals surface area contributed by atoms with E-state index in [1.54, 1.807) is 6.07 Å². The highest BCUT2D eigenvalue weighted by Crippen LogP contribution is 2.27. The first-order valence-electron chi connectivity index (χ1n) is 5.76. The van der Waals surface area contributed by atoms with Gasteiger partial charge in [-0.15, -0.1) is 0 Å². The van der Waals surface area contributed by atoms with Gasteiger partial charge in [0.05, 0.1) is 5.56 Å². The fourth-order valence-electron chi connectivity index (χ4n) is 1.99. The maximum atomic E-state index is 13.2. The molecule has 2 aromatic rings. The highest BCUT2D eigenvalue weighted by molar-refractivity contribution is 5.40. The van der Waals surface area contributed by atoms with E-state index in [2.05, 4.69) is 0 Å². The molecule has 0 N–H and O–H groups in total. The molecule has 0 bridgehead atoms. The molecular formula is C15H9F4N. The SMILES string of the molecule is N#Cc1cc(C(CF)c2cc(F)cc(F)c2)ccc1F. The zero-order valence-electron chi connectivity index (χ0n) is 10.2. The lowest BCUT2D eigenvalue weighted by Gasteiger charge is -2.15. The topological polar surface area (TPSA) is 23.8 Å². The van der Waals surface area contributed by atoms with Crippen LogP contribution in [-0.4, -0.2) is 6.67 Å². The maximum Gasteiger partial charge on any atom is 0.140 e. The molecule has 0 aliphatic rings. The van der Waals surface area contributed by atoms with E-state index in [1.165, 1.54) is 12.1 Å². The summed E-state index contributed by atoms with van der Waals surface area (Å²) in [6, 6.07) is 7.87. The van der Waals surface area contributed by atoms with Gasteiger partial charge in [-0.1, -0.05) is 6.07 Å². The Kier molecular flexibility index (Phi) is 4.04. The van der Waals surface area contributed by atoms with Crippen LogP contribution in [0.1, 0.15) is 22.6 Å². The van der Waals surface area contributed by atoms with Gasteiger partial charge < -0.3 is 0 Å². The van der Waals surface area contributed by atoms with E-state index >= 15 is 0 Å². The van der Waals surface area contributed by atoms with E-state index in [9.17, 15) is 17.6 Å². The lowest BCUT2D eigenvalue weighted by atomic mass is 9.91. The summed E-state index contributed by atoms with van der Waals surface area (Å²) in [5.41, 5.74) is 0.147. The molecule has 0 aliphatic heterocycles. The van der Waals surface area contributed by atoms with Crippen LogP contribution in [0.2, 0.25) is 0 Å². The predicted octanol–water partition coefficient (Wildman–Crippen LogP) is 4.08. The largest absolute Gasteiger partial charge is 0.250 e. The minimum atomic E-state index is -0.951. The minimum absolute atomic E-state index is 0.0977. The number of rotatable bonds is 3. The number of hydrogen-bond donors (Lipinski definition) is 0. The molecule has 0 aromatic heterocycles. The number of hydrogen-bond acceptors (Lipinski definition) is 1. The van der Waals surface area contributed by atoms with Crippen molar-refractivity contribution in [1.82, 2.24) is 0 Å². The van der Waals surface area contributed by atoms with Crippen molar-refractivity contribution in [1.29, 1.82) is 5.26 Å². The summed E-state index contributed by atoms with van der Waals surface area (Å²) in [7, 11) is 0. The fraction of sp³-hybridized carbons (Fsp3) is 0.133. The molecule has 2 aromatic carbocycles. The van der Waals surface area contributed by atoms with Gasteiger partial charge in [-0.05, 0) is 35.4 Å². The van der Waals surface area contributed by atoms with Gasteiger partial charge in [-0.2, -0.15) is 5.26 Å².